The van der Waals surface area contributed by atoms with Crippen molar-refractivity contribution in [2.45, 2.75) is 84.5 Å². The van der Waals surface area contributed by atoms with Crippen molar-refractivity contribution in [1.29, 1.82) is 0 Å². The topological polar surface area (TPSA) is 73.9 Å². The molecule has 1 aliphatic heterocycles. The number of ketones is 1. The van der Waals surface area contributed by atoms with Crippen LogP contribution in [0, 0.1) is 0 Å². The van der Waals surface area contributed by atoms with E-state index in [1.165, 1.54) is 0 Å². The molecule has 6 nitrogen and oxygen atoms in total. The third-order valence-corrected chi connectivity index (χ3v) is 5.25. The second-order valence-corrected chi connectivity index (χ2v) is 9.58. The number of hydrogen-bond acceptors (Lipinski definition) is 5. The molecule has 7 heteroatoms. The third-order valence-electron chi connectivity index (χ3n) is 5.25. The van der Waals surface area contributed by atoms with Crippen molar-refractivity contribution in [2.24, 2.45) is 0 Å². The zero-order valence-electron chi connectivity index (χ0n) is 18.8. The maximum atomic E-state index is 11.9. The number of alkyl carbamates (subject to hydrolysis) is 1. The van der Waals surface area contributed by atoms with Crippen molar-refractivity contribution in [3.8, 4) is 0 Å². The summed E-state index contributed by atoms with van der Waals surface area (Å²) in [5.41, 5.74) is 0.858. The van der Waals surface area contributed by atoms with Crippen LogP contribution in [0.4, 0.5) is 4.79 Å². The molecule has 160 valence electrons. The second-order valence-electron chi connectivity index (χ2n) is 9.58. The number of rotatable bonds is 7. The minimum Gasteiger partial charge on any atom is -0.444 e. The number of hydrogen-bond donors (Lipinski definition) is 1. The monoisotopic (exact) mass is 403 g/mol. The van der Waals surface area contributed by atoms with Crippen molar-refractivity contribution >= 4 is 24.5 Å². The van der Waals surface area contributed by atoms with E-state index in [-0.39, 0.29) is 30.6 Å². The largest absolute Gasteiger partial charge is 0.494 e. The molecule has 1 aromatic rings. The molecule has 1 aromatic carbocycles. The van der Waals surface area contributed by atoms with Crippen LogP contribution in [0.2, 0.25) is 0 Å². The fourth-order valence-corrected chi connectivity index (χ4v) is 2.88. The lowest BCUT2D eigenvalue weighted by Crippen LogP contribution is -2.41. The maximum absolute atomic E-state index is 11.9. The van der Waals surface area contributed by atoms with E-state index < -0.39 is 11.7 Å². The van der Waals surface area contributed by atoms with E-state index in [0.29, 0.717) is 6.42 Å². The lowest BCUT2D eigenvalue weighted by molar-refractivity contribution is -0.118. The fraction of sp³-hybridized carbons (Fsp3) is 0.636. The van der Waals surface area contributed by atoms with E-state index in [9.17, 15) is 9.59 Å². The molecule has 0 bridgehead atoms. The Morgan fingerprint density at radius 2 is 1.59 bits per heavy atom. The van der Waals surface area contributed by atoms with E-state index in [1.54, 1.807) is 20.8 Å². The molecular formula is C22H34BNO5. The Morgan fingerprint density at radius 1 is 1.03 bits per heavy atom. The summed E-state index contributed by atoms with van der Waals surface area (Å²) in [6.45, 7) is 13.5. The summed E-state index contributed by atoms with van der Waals surface area (Å²) >= 11 is 0. The summed E-state index contributed by atoms with van der Waals surface area (Å²) in [6, 6.07) is 8.13. The number of nitrogens with one attached hydrogen (secondary N) is 1. The van der Waals surface area contributed by atoms with Crippen molar-refractivity contribution in [2.75, 3.05) is 6.54 Å². The number of aryl methyl sites for hydroxylation is 1. The van der Waals surface area contributed by atoms with Gasteiger partial charge in [0.1, 0.15) is 5.60 Å². The number of carbonyl (C=O) groups is 2. The van der Waals surface area contributed by atoms with Gasteiger partial charge in [0.15, 0.2) is 5.78 Å². The average molecular weight is 403 g/mol. The van der Waals surface area contributed by atoms with Gasteiger partial charge in [0.2, 0.25) is 0 Å². The van der Waals surface area contributed by atoms with Gasteiger partial charge >= 0.3 is 13.2 Å². The molecule has 1 amide bonds. The molecule has 0 aliphatic carbocycles. The van der Waals surface area contributed by atoms with Crippen LogP contribution in [-0.4, -0.2) is 42.3 Å². The fourth-order valence-electron chi connectivity index (χ4n) is 2.88. The van der Waals surface area contributed by atoms with Gasteiger partial charge < -0.3 is 19.4 Å². The molecule has 29 heavy (non-hydrogen) atoms. The first kappa shape index (κ1) is 23.4. The Bertz CT molecular complexity index is 706. The van der Waals surface area contributed by atoms with Gasteiger partial charge in [0.25, 0.3) is 0 Å². The molecule has 0 saturated carbocycles. The van der Waals surface area contributed by atoms with Gasteiger partial charge in [-0.05, 0) is 72.3 Å². The van der Waals surface area contributed by atoms with Gasteiger partial charge in [-0.1, -0.05) is 24.3 Å². The Kier molecular flexibility index (Phi) is 7.17. The molecule has 0 atom stereocenters. The van der Waals surface area contributed by atoms with Crippen LogP contribution in [-0.2, 0) is 25.3 Å². The van der Waals surface area contributed by atoms with E-state index >= 15 is 0 Å². The lowest BCUT2D eigenvalue weighted by Gasteiger charge is -2.32. The van der Waals surface area contributed by atoms with Gasteiger partial charge in [0.05, 0.1) is 17.7 Å². The number of amides is 1. The Labute approximate surface area is 174 Å². The van der Waals surface area contributed by atoms with E-state index in [1.807, 2.05) is 52.0 Å². The molecule has 1 aliphatic rings. The minimum absolute atomic E-state index is 0.00419. The number of benzene rings is 1. The number of Topliss-reactive ketones (excluding diaryl/α,β-unsaturated/α-hetero) is 1. The maximum Gasteiger partial charge on any atom is 0.494 e. The third kappa shape index (κ3) is 6.86. The van der Waals surface area contributed by atoms with Crippen LogP contribution < -0.4 is 10.8 Å². The van der Waals surface area contributed by atoms with Crippen LogP contribution in [0.15, 0.2) is 24.3 Å². The SMILES string of the molecule is CC(C)(C)OC(=O)NCC(=O)CCCc1ccc(B2OC(C)(C)C(C)(C)O2)cc1. The highest BCUT2D eigenvalue weighted by Gasteiger charge is 2.51. The van der Waals surface area contributed by atoms with Gasteiger partial charge in [-0.25, -0.2) is 4.79 Å². The number of carbonyl (C=O) groups excluding carboxylic acids is 2. The molecule has 0 aromatic heterocycles. The summed E-state index contributed by atoms with van der Waals surface area (Å²) in [6.07, 6.45) is 1.37. The Balaban J connectivity index is 1.74. The summed E-state index contributed by atoms with van der Waals surface area (Å²) < 4.78 is 17.3. The van der Waals surface area contributed by atoms with Crippen LogP contribution in [0.25, 0.3) is 0 Å². The molecule has 1 fully saturated rings. The van der Waals surface area contributed by atoms with Crippen LogP contribution >= 0.6 is 0 Å². The first-order valence-electron chi connectivity index (χ1n) is 10.2. The number of ether oxygens (including phenoxy) is 1. The predicted octanol–water partition coefficient (Wildman–Crippen LogP) is 3.40. The second kappa shape index (κ2) is 8.88. The zero-order valence-corrected chi connectivity index (χ0v) is 18.8. The highest BCUT2D eigenvalue weighted by molar-refractivity contribution is 6.62. The van der Waals surface area contributed by atoms with Gasteiger partial charge in [-0.15, -0.1) is 0 Å². The van der Waals surface area contributed by atoms with E-state index in [4.69, 9.17) is 14.0 Å². The van der Waals surface area contributed by atoms with Gasteiger partial charge in [-0.3, -0.25) is 4.79 Å². The van der Waals surface area contributed by atoms with E-state index in [0.717, 1.165) is 23.9 Å². The molecule has 0 radical (unpaired) electrons. The molecule has 0 unspecified atom stereocenters. The van der Waals surface area contributed by atoms with E-state index in [2.05, 4.69) is 5.32 Å². The first-order valence-corrected chi connectivity index (χ1v) is 10.2. The Hall–Kier alpha value is -1.86. The minimum atomic E-state index is -0.570. The van der Waals surface area contributed by atoms with Gasteiger partial charge in [-0.2, -0.15) is 0 Å². The van der Waals surface area contributed by atoms with Gasteiger partial charge in [0, 0.05) is 6.42 Å². The predicted molar refractivity (Wildman–Crippen MR) is 114 cm³/mol. The summed E-state index contributed by atoms with van der Waals surface area (Å²) in [5.74, 6) is -0.00954. The van der Waals surface area contributed by atoms with Crippen LogP contribution in [0.3, 0.4) is 0 Å². The lowest BCUT2D eigenvalue weighted by atomic mass is 9.78. The zero-order chi connectivity index (χ0) is 21.9. The molecule has 1 heterocycles. The highest BCUT2D eigenvalue weighted by atomic mass is 16.7. The molecular weight excluding hydrogens is 369 g/mol. The van der Waals surface area contributed by atoms with Crippen molar-refractivity contribution in [1.82, 2.24) is 5.32 Å². The normalized spacial score (nSPS) is 17.8. The van der Waals surface area contributed by atoms with Crippen molar-refractivity contribution in [3.63, 3.8) is 0 Å². The quantitative estimate of drug-likeness (QED) is 0.707. The van der Waals surface area contributed by atoms with Crippen LogP contribution in [0.5, 0.6) is 0 Å². The van der Waals surface area contributed by atoms with Crippen molar-refractivity contribution in [3.05, 3.63) is 29.8 Å². The molecule has 1 N–H and O–H groups in total. The molecule has 2 rings (SSSR count). The summed E-state index contributed by atoms with van der Waals surface area (Å²) in [4.78, 5) is 23.5. The molecule has 0 spiro atoms. The summed E-state index contributed by atoms with van der Waals surface area (Å²) in [7, 11) is -0.366. The Morgan fingerprint density at radius 3 is 2.10 bits per heavy atom. The average Bonchev–Trinajstić information content (AvgIpc) is 2.80. The highest BCUT2D eigenvalue weighted by Crippen LogP contribution is 2.36. The smallest absolute Gasteiger partial charge is 0.444 e. The first-order chi connectivity index (χ1) is 13.3. The van der Waals surface area contributed by atoms with Crippen LogP contribution in [0.1, 0.15) is 66.9 Å². The van der Waals surface area contributed by atoms with Crippen molar-refractivity contribution < 1.29 is 23.6 Å². The molecule has 1 saturated heterocycles. The standard InChI is InChI=1S/C22H34BNO5/c1-20(2,3)27-19(26)24-15-18(25)10-8-9-16-11-13-17(14-12-16)23-28-21(4,5)22(6,7)29-23/h11-14H,8-10,15H2,1-7H3,(H,24,26). The summed E-state index contributed by atoms with van der Waals surface area (Å²) in [5, 5.41) is 2.50.